The molecule has 1 aliphatic carbocycles. The van der Waals surface area contributed by atoms with E-state index in [0.717, 1.165) is 11.3 Å². The highest BCUT2D eigenvalue weighted by molar-refractivity contribution is 6.32. The number of fused-ring (bicyclic) bond motifs is 5. The summed E-state index contributed by atoms with van der Waals surface area (Å²) in [6.45, 7) is 0. The summed E-state index contributed by atoms with van der Waals surface area (Å²) < 4.78 is 20.5. The quantitative estimate of drug-likeness (QED) is 0.234. The van der Waals surface area contributed by atoms with Crippen molar-refractivity contribution < 1.29 is 23.5 Å². The third-order valence-corrected chi connectivity index (χ3v) is 8.60. The number of nitrogens with zero attached hydrogens (tertiary/aromatic N) is 1. The zero-order chi connectivity index (χ0) is 27.6. The van der Waals surface area contributed by atoms with Gasteiger partial charge in [0.1, 0.15) is 23.0 Å². The van der Waals surface area contributed by atoms with Crippen molar-refractivity contribution in [1.29, 1.82) is 0 Å². The Morgan fingerprint density at radius 1 is 0.825 bits per heavy atom. The lowest BCUT2D eigenvalue weighted by Crippen LogP contribution is -2.48. The van der Waals surface area contributed by atoms with Crippen molar-refractivity contribution in [3.63, 3.8) is 0 Å². The highest BCUT2D eigenvalue weighted by Crippen LogP contribution is 2.61. The molecule has 2 aliphatic heterocycles. The molecule has 4 aromatic carbocycles. The zero-order valence-electron chi connectivity index (χ0n) is 21.6. The second-order valence-electron chi connectivity index (χ2n) is 10.4. The number of carbonyl (C=O) groups excluding carboxylic acids is 3. The Bertz CT molecular complexity index is 1710. The zero-order valence-corrected chi connectivity index (χ0v) is 21.6. The van der Waals surface area contributed by atoms with Crippen LogP contribution in [-0.4, -0.2) is 36.5 Å². The van der Waals surface area contributed by atoms with Gasteiger partial charge in [-0.3, -0.25) is 14.4 Å². The maximum atomic E-state index is 15.2. The second kappa shape index (κ2) is 8.85. The van der Waals surface area contributed by atoms with Gasteiger partial charge in [0.05, 0.1) is 18.7 Å². The maximum Gasteiger partial charge on any atom is 0.188 e. The van der Waals surface area contributed by atoms with E-state index in [-0.39, 0.29) is 17.1 Å². The van der Waals surface area contributed by atoms with Crippen LogP contribution >= 0.6 is 0 Å². The Kier molecular flexibility index (Phi) is 5.36. The van der Waals surface area contributed by atoms with Crippen LogP contribution in [0.1, 0.15) is 48.1 Å². The average Bonchev–Trinajstić information content (AvgIpc) is 3.43. The first-order valence-electron chi connectivity index (χ1n) is 13.2. The number of Topliss-reactive ketones (excluding diaryl/α,β-unsaturated/α-hetero) is 3. The van der Waals surface area contributed by atoms with Crippen molar-refractivity contribution in [2.75, 3.05) is 12.0 Å². The van der Waals surface area contributed by atoms with Gasteiger partial charge in [0, 0.05) is 22.7 Å². The summed E-state index contributed by atoms with van der Waals surface area (Å²) in [5, 5.41) is 0. The summed E-state index contributed by atoms with van der Waals surface area (Å²) >= 11 is 0. The minimum Gasteiger partial charge on any atom is -0.497 e. The molecule has 0 amide bonds. The predicted octanol–water partition coefficient (Wildman–Crippen LogP) is 6.15. The van der Waals surface area contributed by atoms with Crippen LogP contribution in [0.25, 0.3) is 6.08 Å². The number of hydrogen-bond donors (Lipinski definition) is 0. The molecule has 7 rings (SSSR count). The fourth-order valence-electron chi connectivity index (χ4n) is 6.92. The van der Waals surface area contributed by atoms with Gasteiger partial charge in [0.15, 0.2) is 17.3 Å². The predicted molar refractivity (Wildman–Crippen MR) is 150 cm³/mol. The number of para-hydroxylation sites is 1. The molecule has 3 aliphatic rings. The summed E-state index contributed by atoms with van der Waals surface area (Å²) in [7, 11) is 1.55. The van der Waals surface area contributed by atoms with E-state index in [1.165, 1.54) is 18.2 Å². The molecule has 196 valence electrons. The lowest BCUT2D eigenvalue weighted by Gasteiger charge is -2.37. The molecule has 5 nitrogen and oxygen atoms in total. The third kappa shape index (κ3) is 3.10. The van der Waals surface area contributed by atoms with E-state index in [1.807, 2.05) is 41.3 Å². The molecule has 40 heavy (non-hydrogen) atoms. The number of hydrogen-bond acceptors (Lipinski definition) is 5. The summed E-state index contributed by atoms with van der Waals surface area (Å²) in [6, 6.07) is 25.6. The summed E-state index contributed by atoms with van der Waals surface area (Å²) in [6.07, 6.45) is 3.76. The van der Waals surface area contributed by atoms with Gasteiger partial charge in [-0.2, -0.15) is 0 Å². The molecule has 3 atom stereocenters. The number of halogens is 1. The van der Waals surface area contributed by atoms with Crippen LogP contribution in [-0.2, 0) is 0 Å². The maximum absolute atomic E-state index is 15.2. The fourth-order valence-corrected chi connectivity index (χ4v) is 6.92. The van der Waals surface area contributed by atoms with Crippen molar-refractivity contribution in [1.82, 2.24) is 0 Å². The third-order valence-electron chi connectivity index (χ3n) is 8.60. The molecule has 0 saturated carbocycles. The van der Waals surface area contributed by atoms with Crippen LogP contribution in [0.5, 0.6) is 5.75 Å². The molecule has 3 unspecified atom stereocenters. The normalized spacial score (nSPS) is 21.8. The second-order valence-corrected chi connectivity index (χ2v) is 10.4. The van der Waals surface area contributed by atoms with Crippen molar-refractivity contribution in [3.05, 3.63) is 137 Å². The van der Waals surface area contributed by atoms with Crippen molar-refractivity contribution in [2.45, 2.75) is 18.0 Å². The summed E-state index contributed by atoms with van der Waals surface area (Å²) in [5.41, 5.74) is 1.18. The molecule has 1 spiro atoms. The first-order chi connectivity index (χ1) is 19.5. The van der Waals surface area contributed by atoms with Crippen LogP contribution in [0, 0.1) is 11.2 Å². The number of methoxy groups -OCH3 is 1. The van der Waals surface area contributed by atoms with E-state index in [1.54, 1.807) is 61.7 Å². The van der Waals surface area contributed by atoms with Gasteiger partial charge >= 0.3 is 0 Å². The molecular formula is C34H24FNO4. The molecule has 2 heterocycles. The van der Waals surface area contributed by atoms with Gasteiger partial charge < -0.3 is 9.64 Å². The van der Waals surface area contributed by atoms with Gasteiger partial charge in [-0.25, -0.2) is 4.39 Å². The molecular weight excluding hydrogens is 505 g/mol. The topological polar surface area (TPSA) is 63.7 Å². The van der Waals surface area contributed by atoms with Gasteiger partial charge in [0.25, 0.3) is 0 Å². The summed E-state index contributed by atoms with van der Waals surface area (Å²) in [4.78, 5) is 45.6. The van der Waals surface area contributed by atoms with Crippen LogP contribution in [0.4, 0.5) is 10.1 Å². The largest absolute Gasteiger partial charge is 0.497 e. The Morgan fingerprint density at radius 2 is 1.45 bits per heavy atom. The minimum absolute atomic E-state index is 0.0794. The van der Waals surface area contributed by atoms with E-state index in [2.05, 4.69) is 0 Å². The first-order valence-corrected chi connectivity index (χ1v) is 13.2. The number of anilines is 1. The Balaban J connectivity index is 1.55. The molecule has 0 bridgehead atoms. The minimum atomic E-state index is -1.63. The molecule has 0 radical (unpaired) electrons. The van der Waals surface area contributed by atoms with Crippen LogP contribution in [0.3, 0.4) is 0 Å². The SMILES string of the molecule is COc1ccc(C2C(C(=O)c3ccccc3F)N3c4ccccc4C=CC3C23C(=O)c2ccccc2C3=O)cc1. The van der Waals surface area contributed by atoms with Crippen molar-refractivity contribution in [2.24, 2.45) is 5.41 Å². The van der Waals surface area contributed by atoms with E-state index >= 15 is 4.39 Å². The number of ether oxygens (including phenoxy) is 1. The van der Waals surface area contributed by atoms with Crippen LogP contribution < -0.4 is 9.64 Å². The van der Waals surface area contributed by atoms with E-state index in [4.69, 9.17) is 4.74 Å². The van der Waals surface area contributed by atoms with E-state index < -0.39 is 35.0 Å². The lowest BCUT2D eigenvalue weighted by molar-refractivity contribution is 0.0666. The highest BCUT2D eigenvalue weighted by atomic mass is 19.1. The highest BCUT2D eigenvalue weighted by Gasteiger charge is 2.71. The molecule has 4 aromatic rings. The molecule has 0 aromatic heterocycles. The number of carbonyl (C=O) groups is 3. The number of benzene rings is 4. The fraction of sp³-hybridized carbons (Fsp3) is 0.147. The Labute approximate surface area is 230 Å². The van der Waals surface area contributed by atoms with Gasteiger partial charge in [0.2, 0.25) is 0 Å². The van der Waals surface area contributed by atoms with Crippen molar-refractivity contribution in [3.8, 4) is 5.75 Å². The summed E-state index contributed by atoms with van der Waals surface area (Å²) in [5.74, 6) is -2.08. The molecule has 1 saturated heterocycles. The molecule has 6 heteroatoms. The standard InChI is InChI=1S/C34H24FNO4/c1-40-22-17-14-21(15-18-22)29-30(31(37)25-11-5-6-12-26(25)35)36-27-13-7-2-8-20(27)16-19-28(36)34(29)32(38)23-9-3-4-10-24(23)33(34)39/h2-19,28-30H,1H3. The van der Waals surface area contributed by atoms with E-state index in [0.29, 0.717) is 22.4 Å². The van der Waals surface area contributed by atoms with Gasteiger partial charge in [-0.15, -0.1) is 0 Å². The number of ketones is 3. The average molecular weight is 530 g/mol. The van der Waals surface area contributed by atoms with Crippen molar-refractivity contribution >= 4 is 29.1 Å². The van der Waals surface area contributed by atoms with Gasteiger partial charge in [-0.1, -0.05) is 78.9 Å². The first kappa shape index (κ1) is 24.2. The monoisotopic (exact) mass is 529 g/mol. The molecule has 1 fully saturated rings. The Morgan fingerprint density at radius 3 is 2.12 bits per heavy atom. The lowest BCUT2D eigenvalue weighted by atomic mass is 9.64. The van der Waals surface area contributed by atoms with E-state index in [9.17, 15) is 14.4 Å². The smallest absolute Gasteiger partial charge is 0.188 e. The number of rotatable bonds is 4. The Hall–Kier alpha value is -4.84. The van der Waals surface area contributed by atoms with Gasteiger partial charge in [-0.05, 0) is 41.5 Å². The van der Waals surface area contributed by atoms with Crippen LogP contribution in [0.15, 0.2) is 103 Å². The van der Waals surface area contributed by atoms with Crippen LogP contribution in [0.2, 0.25) is 0 Å². The molecule has 0 N–H and O–H groups in total.